The lowest BCUT2D eigenvalue weighted by Crippen LogP contribution is -2.45. The zero-order chi connectivity index (χ0) is 13.9. The van der Waals surface area contributed by atoms with E-state index in [0.717, 1.165) is 10.1 Å². The highest BCUT2D eigenvalue weighted by Gasteiger charge is 2.21. The number of hydrogen-bond donors (Lipinski definition) is 3. The van der Waals surface area contributed by atoms with Gasteiger partial charge in [-0.25, -0.2) is 4.98 Å². The summed E-state index contributed by atoms with van der Waals surface area (Å²) in [6.45, 7) is 3.33. The minimum atomic E-state index is -0.896. The number of amides is 1. The number of nitrogens with two attached hydrogens (primary N) is 1. The first-order valence-electron chi connectivity index (χ1n) is 5.69. The molecule has 0 unspecified atom stereocenters. The molecule has 4 N–H and O–H groups in total. The molecule has 0 saturated carbocycles. The van der Waals surface area contributed by atoms with Crippen LogP contribution in [0, 0.1) is 0 Å². The summed E-state index contributed by atoms with van der Waals surface area (Å²) in [5, 5.41) is 10.0. The molecule has 100 valence electrons. The van der Waals surface area contributed by atoms with Crippen molar-refractivity contribution in [2.24, 2.45) is 5.73 Å². The molecule has 1 aromatic carbocycles. The Kier molecular flexibility index (Phi) is 3.87. The third-order valence-electron chi connectivity index (χ3n) is 2.30. The van der Waals surface area contributed by atoms with E-state index >= 15 is 0 Å². The summed E-state index contributed by atoms with van der Waals surface area (Å²) in [4.78, 5) is 16.7. The van der Waals surface area contributed by atoms with Crippen LogP contribution in [0.15, 0.2) is 40.6 Å². The minimum absolute atomic E-state index is 0.219. The van der Waals surface area contributed by atoms with Gasteiger partial charge in [-0.2, -0.15) is 5.10 Å². The van der Waals surface area contributed by atoms with Gasteiger partial charge in [0.15, 0.2) is 5.16 Å². The molecule has 0 fully saturated rings. The first-order valence-corrected chi connectivity index (χ1v) is 6.50. The molecule has 0 radical (unpaired) electrons. The van der Waals surface area contributed by atoms with Gasteiger partial charge in [0.2, 0.25) is 5.91 Å². The van der Waals surface area contributed by atoms with E-state index < -0.39 is 5.54 Å². The number of carbonyl (C=O) groups excluding carboxylic acids is 1. The topological polar surface area (TPSA) is 96.7 Å². The second kappa shape index (κ2) is 5.41. The molecule has 2 aromatic rings. The molecule has 1 amide bonds. The molecule has 0 spiro atoms. The zero-order valence-electron chi connectivity index (χ0n) is 10.7. The van der Waals surface area contributed by atoms with Crippen LogP contribution in [0.2, 0.25) is 0 Å². The maximum Gasteiger partial charge on any atom is 0.243 e. The van der Waals surface area contributed by atoms with Gasteiger partial charge < -0.3 is 11.1 Å². The summed E-state index contributed by atoms with van der Waals surface area (Å²) < 4.78 is 0. The van der Waals surface area contributed by atoms with Crippen LogP contribution in [0.1, 0.15) is 13.8 Å². The Morgan fingerprint density at radius 2 is 2.05 bits per heavy atom. The molecule has 0 saturated heterocycles. The molecule has 0 atom stereocenters. The van der Waals surface area contributed by atoms with Gasteiger partial charge in [-0.3, -0.25) is 9.89 Å². The number of benzene rings is 1. The molecule has 0 aliphatic rings. The number of carbonyl (C=O) groups is 1. The van der Waals surface area contributed by atoms with E-state index in [9.17, 15) is 4.79 Å². The van der Waals surface area contributed by atoms with Crippen molar-refractivity contribution in [1.29, 1.82) is 0 Å². The van der Waals surface area contributed by atoms with Crippen LogP contribution in [-0.2, 0) is 4.79 Å². The third-order valence-corrected chi connectivity index (χ3v) is 3.20. The summed E-state index contributed by atoms with van der Waals surface area (Å²) in [7, 11) is 0. The Labute approximate surface area is 115 Å². The molecule has 1 heterocycles. The van der Waals surface area contributed by atoms with E-state index in [4.69, 9.17) is 5.73 Å². The highest BCUT2D eigenvalue weighted by molar-refractivity contribution is 7.99. The molecular weight excluding hydrogens is 262 g/mol. The van der Waals surface area contributed by atoms with E-state index in [2.05, 4.69) is 20.5 Å². The first kappa shape index (κ1) is 13.6. The van der Waals surface area contributed by atoms with Crippen LogP contribution in [-0.4, -0.2) is 26.6 Å². The Bertz CT molecular complexity index is 544. The van der Waals surface area contributed by atoms with Crippen molar-refractivity contribution in [2.75, 3.05) is 5.32 Å². The first-order chi connectivity index (χ1) is 8.95. The highest BCUT2D eigenvalue weighted by atomic mass is 32.2. The Hall–Kier alpha value is -1.86. The van der Waals surface area contributed by atoms with Crippen LogP contribution in [0.3, 0.4) is 0 Å². The molecule has 1 aromatic heterocycles. The van der Waals surface area contributed by atoms with Crippen molar-refractivity contribution >= 4 is 23.4 Å². The molecular formula is C12H15N5OS. The SMILES string of the molecule is CC(C)(N)C(=O)Nc1ccc(Sc2ncn[nH]2)cc1. The van der Waals surface area contributed by atoms with Crippen molar-refractivity contribution in [3.63, 3.8) is 0 Å². The summed E-state index contributed by atoms with van der Waals surface area (Å²) in [6, 6.07) is 7.43. The summed E-state index contributed by atoms with van der Waals surface area (Å²) >= 11 is 1.46. The van der Waals surface area contributed by atoms with Gasteiger partial charge in [-0.15, -0.1) is 0 Å². The number of H-pyrrole nitrogens is 1. The number of nitrogens with one attached hydrogen (secondary N) is 2. The third kappa shape index (κ3) is 3.80. The number of hydrogen-bond acceptors (Lipinski definition) is 5. The smallest absolute Gasteiger partial charge is 0.243 e. The number of aromatic nitrogens is 3. The standard InChI is InChI=1S/C12H15N5OS/c1-12(2,13)10(18)16-8-3-5-9(6-4-8)19-11-14-7-15-17-11/h3-7H,13H2,1-2H3,(H,16,18)(H,14,15,17). The minimum Gasteiger partial charge on any atom is -0.325 e. The van der Waals surface area contributed by atoms with E-state index in [0.29, 0.717) is 5.69 Å². The van der Waals surface area contributed by atoms with Crippen LogP contribution in [0.5, 0.6) is 0 Å². The highest BCUT2D eigenvalue weighted by Crippen LogP contribution is 2.25. The van der Waals surface area contributed by atoms with E-state index in [-0.39, 0.29) is 5.91 Å². The fourth-order valence-electron chi connectivity index (χ4n) is 1.25. The molecule has 7 heteroatoms. The Balaban J connectivity index is 2.01. The van der Waals surface area contributed by atoms with Crippen LogP contribution < -0.4 is 11.1 Å². The van der Waals surface area contributed by atoms with Crippen LogP contribution in [0.4, 0.5) is 5.69 Å². The lowest BCUT2D eigenvalue weighted by atomic mass is 10.1. The fraction of sp³-hybridized carbons (Fsp3) is 0.250. The maximum absolute atomic E-state index is 11.7. The summed E-state index contributed by atoms with van der Waals surface area (Å²) in [5.74, 6) is -0.219. The monoisotopic (exact) mass is 277 g/mol. The van der Waals surface area contributed by atoms with Crippen molar-refractivity contribution in [1.82, 2.24) is 15.2 Å². The molecule has 19 heavy (non-hydrogen) atoms. The van der Waals surface area contributed by atoms with E-state index in [1.54, 1.807) is 13.8 Å². The average molecular weight is 277 g/mol. The fourth-order valence-corrected chi connectivity index (χ4v) is 1.95. The quantitative estimate of drug-likeness (QED) is 0.789. The van der Waals surface area contributed by atoms with Crippen molar-refractivity contribution in [2.45, 2.75) is 29.4 Å². The predicted octanol–water partition coefficient (Wildman–Crippen LogP) is 1.63. The number of aromatic amines is 1. The molecule has 2 rings (SSSR count). The van der Waals surface area contributed by atoms with Crippen molar-refractivity contribution in [3.8, 4) is 0 Å². The molecule has 0 bridgehead atoms. The molecule has 0 aliphatic heterocycles. The van der Waals surface area contributed by atoms with Gasteiger partial charge in [-0.05, 0) is 38.1 Å². The molecule has 6 nitrogen and oxygen atoms in total. The Morgan fingerprint density at radius 3 is 2.58 bits per heavy atom. The van der Waals surface area contributed by atoms with Crippen LogP contribution in [0.25, 0.3) is 0 Å². The lowest BCUT2D eigenvalue weighted by Gasteiger charge is -2.17. The van der Waals surface area contributed by atoms with Gasteiger partial charge in [-0.1, -0.05) is 11.8 Å². The zero-order valence-corrected chi connectivity index (χ0v) is 11.5. The maximum atomic E-state index is 11.7. The predicted molar refractivity (Wildman–Crippen MR) is 73.8 cm³/mol. The van der Waals surface area contributed by atoms with Crippen molar-refractivity contribution < 1.29 is 4.79 Å². The number of anilines is 1. The van der Waals surface area contributed by atoms with Gasteiger partial charge in [0.05, 0.1) is 5.54 Å². The van der Waals surface area contributed by atoms with Crippen LogP contribution >= 0.6 is 11.8 Å². The second-order valence-corrected chi connectivity index (χ2v) is 5.66. The Morgan fingerprint density at radius 1 is 1.37 bits per heavy atom. The van der Waals surface area contributed by atoms with Gasteiger partial charge in [0.25, 0.3) is 0 Å². The van der Waals surface area contributed by atoms with Gasteiger partial charge in [0.1, 0.15) is 6.33 Å². The summed E-state index contributed by atoms with van der Waals surface area (Å²) in [6.07, 6.45) is 1.46. The largest absolute Gasteiger partial charge is 0.325 e. The number of nitrogens with zero attached hydrogens (tertiary/aromatic N) is 2. The summed E-state index contributed by atoms with van der Waals surface area (Å²) in [5.41, 5.74) is 5.53. The normalized spacial score (nSPS) is 11.3. The number of rotatable bonds is 4. The van der Waals surface area contributed by atoms with E-state index in [1.807, 2.05) is 24.3 Å². The lowest BCUT2D eigenvalue weighted by molar-refractivity contribution is -0.120. The van der Waals surface area contributed by atoms with Gasteiger partial charge in [0, 0.05) is 10.6 Å². The average Bonchev–Trinajstić information content (AvgIpc) is 2.83. The second-order valence-electron chi connectivity index (χ2n) is 4.59. The van der Waals surface area contributed by atoms with Gasteiger partial charge >= 0.3 is 0 Å². The van der Waals surface area contributed by atoms with E-state index in [1.165, 1.54) is 18.1 Å². The van der Waals surface area contributed by atoms with Crippen molar-refractivity contribution in [3.05, 3.63) is 30.6 Å². The molecule has 0 aliphatic carbocycles.